The van der Waals surface area contributed by atoms with Crippen molar-refractivity contribution in [3.63, 3.8) is 0 Å². The fourth-order valence-corrected chi connectivity index (χ4v) is 9.47. The van der Waals surface area contributed by atoms with Crippen LogP contribution in [0.25, 0.3) is 39.0 Å². The van der Waals surface area contributed by atoms with Gasteiger partial charge < -0.3 is 11.5 Å². The second kappa shape index (κ2) is 9.73. The molecule has 5 aromatic heterocycles. The second-order valence-corrected chi connectivity index (χ2v) is 12.6. The van der Waals surface area contributed by atoms with Crippen LogP contribution in [0.1, 0.15) is 16.7 Å². The van der Waals surface area contributed by atoms with Crippen molar-refractivity contribution >= 4 is 56.7 Å². The number of nitrogens with two attached hydrogens (primary N) is 2. The van der Waals surface area contributed by atoms with E-state index in [1.165, 1.54) is 55.7 Å². The van der Waals surface area contributed by atoms with Crippen molar-refractivity contribution in [3.8, 4) is 39.0 Å². The molecule has 164 valence electrons. The Balaban J connectivity index is 1.54. The topological polar surface area (TPSA) is 52.0 Å². The third-order valence-electron chi connectivity index (χ3n) is 5.35. The number of hydrogen-bond acceptors (Lipinski definition) is 7. The van der Waals surface area contributed by atoms with Crippen molar-refractivity contribution in [2.75, 3.05) is 13.1 Å². The van der Waals surface area contributed by atoms with E-state index < -0.39 is 0 Å². The minimum atomic E-state index is 0.667. The average Bonchev–Trinajstić information content (AvgIpc) is 3.58. The van der Waals surface area contributed by atoms with Gasteiger partial charge in [0.15, 0.2) is 0 Å². The van der Waals surface area contributed by atoms with Crippen molar-refractivity contribution < 1.29 is 0 Å². The molecule has 0 aromatic carbocycles. The number of aryl methyl sites for hydroxylation is 1. The molecule has 0 spiro atoms. The van der Waals surface area contributed by atoms with Crippen LogP contribution in [0.4, 0.5) is 0 Å². The lowest BCUT2D eigenvalue weighted by molar-refractivity contribution is 0.976. The van der Waals surface area contributed by atoms with E-state index in [1.807, 2.05) is 45.3 Å². The summed E-state index contributed by atoms with van der Waals surface area (Å²) >= 11 is 9.30. The third-order valence-corrected chi connectivity index (χ3v) is 11.4. The quantitative estimate of drug-likeness (QED) is 0.221. The number of hydrogen-bond donors (Lipinski definition) is 2. The Labute approximate surface area is 208 Å². The molecule has 0 radical (unpaired) electrons. The van der Waals surface area contributed by atoms with E-state index in [9.17, 15) is 0 Å². The van der Waals surface area contributed by atoms with Gasteiger partial charge in [-0.15, -0.1) is 56.7 Å². The highest BCUT2D eigenvalue weighted by atomic mass is 32.1. The van der Waals surface area contributed by atoms with Crippen molar-refractivity contribution in [1.29, 1.82) is 0 Å². The summed E-state index contributed by atoms with van der Waals surface area (Å²) in [6.45, 7) is 3.53. The molecule has 0 fully saturated rings. The van der Waals surface area contributed by atoms with Gasteiger partial charge in [-0.2, -0.15) is 0 Å². The van der Waals surface area contributed by atoms with Crippen LogP contribution in [0.15, 0.2) is 53.2 Å². The first-order valence-electron chi connectivity index (χ1n) is 10.5. The van der Waals surface area contributed by atoms with Gasteiger partial charge in [-0.3, -0.25) is 0 Å². The van der Waals surface area contributed by atoms with Crippen molar-refractivity contribution in [2.45, 2.75) is 19.8 Å². The SMILES string of the molecule is Cc1ccsc1-c1cc(CCN)c(-c2ccc(-c3sc(-c4cccs4)cc3CCN)s2)s1. The Morgan fingerprint density at radius 3 is 1.84 bits per heavy atom. The minimum Gasteiger partial charge on any atom is -0.330 e. The zero-order chi connectivity index (χ0) is 22.1. The molecular weight excluding hydrogens is 489 g/mol. The zero-order valence-corrected chi connectivity index (χ0v) is 21.8. The van der Waals surface area contributed by atoms with Gasteiger partial charge in [0.25, 0.3) is 0 Å². The van der Waals surface area contributed by atoms with Gasteiger partial charge >= 0.3 is 0 Å². The normalized spacial score (nSPS) is 11.5. The standard InChI is InChI=1S/C25H24N2S5/c1-15-8-12-29-23(15)22-14-17(7-10-27)25(32-22)20-5-4-19(30-20)24-16(6-9-26)13-21(31-24)18-3-2-11-28-18/h2-5,8,11-14H,6-7,9-10,26-27H2,1H3. The van der Waals surface area contributed by atoms with Gasteiger partial charge in [0.05, 0.1) is 0 Å². The van der Waals surface area contributed by atoms with E-state index in [4.69, 9.17) is 11.5 Å². The fraction of sp³-hybridized carbons (Fsp3) is 0.200. The molecule has 5 heterocycles. The van der Waals surface area contributed by atoms with Crippen LogP contribution in [0.3, 0.4) is 0 Å². The van der Waals surface area contributed by atoms with E-state index in [0.717, 1.165) is 12.8 Å². The Kier molecular flexibility index (Phi) is 6.76. The van der Waals surface area contributed by atoms with Gasteiger partial charge in [-0.05, 0) is 96.7 Å². The van der Waals surface area contributed by atoms with E-state index in [0.29, 0.717) is 13.1 Å². The van der Waals surface area contributed by atoms with Crippen LogP contribution in [-0.2, 0) is 12.8 Å². The Bertz CT molecular complexity index is 1320. The highest BCUT2D eigenvalue weighted by molar-refractivity contribution is 7.29. The highest BCUT2D eigenvalue weighted by Crippen LogP contribution is 2.47. The van der Waals surface area contributed by atoms with Crippen molar-refractivity contribution in [2.24, 2.45) is 11.5 Å². The van der Waals surface area contributed by atoms with Gasteiger partial charge in [-0.1, -0.05) is 6.07 Å². The fourth-order valence-electron chi connectivity index (χ4n) is 3.82. The second-order valence-electron chi connectivity index (χ2n) is 7.58. The Morgan fingerprint density at radius 1 is 0.625 bits per heavy atom. The molecule has 5 rings (SSSR count). The maximum Gasteiger partial charge on any atom is 0.0482 e. The van der Waals surface area contributed by atoms with E-state index in [1.54, 1.807) is 11.3 Å². The van der Waals surface area contributed by atoms with Crippen LogP contribution in [0, 0.1) is 6.92 Å². The maximum atomic E-state index is 5.97. The average molecular weight is 513 g/mol. The number of rotatable bonds is 8. The predicted molar refractivity (Wildman–Crippen MR) is 148 cm³/mol. The first kappa shape index (κ1) is 22.2. The Hall–Kier alpha value is -1.58. The lowest BCUT2D eigenvalue weighted by Gasteiger charge is -2.00. The van der Waals surface area contributed by atoms with Gasteiger partial charge in [0.1, 0.15) is 0 Å². The predicted octanol–water partition coefficient (Wildman–Crippen LogP) is 7.97. The summed E-state index contributed by atoms with van der Waals surface area (Å²) < 4.78 is 0. The van der Waals surface area contributed by atoms with Gasteiger partial charge in [0.2, 0.25) is 0 Å². The molecule has 0 saturated heterocycles. The molecule has 5 aromatic rings. The summed E-state index contributed by atoms with van der Waals surface area (Å²) in [5, 5.41) is 4.32. The summed E-state index contributed by atoms with van der Waals surface area (Å²) in [6, 6.07) is 15.8. The van der Waals surface area contributed by atoms with Crippen LogP contribution in [-0.4, -0.2) is 13.1 Å². The molecular formula is C25H24N2S5. The van der Waals surface area contributed by atoms with Crippen molar-refractivity contribution in [3.05, 3.63) is 69.9 Å². The Morgan fingerprint density at radius 2 is 1.28 bits per heavy atom. The van der Waals surface area contributed by atoms with Crippen LogP contribution in [0.2, 0.25) is 0 Å². The molecule has 0 aliphatic heterocycles. The molecule has 7 heteroatoms. The molecule has 32 heavy (non-hydrogen) atoms. The molecule has 2 nitrogen and oxygen atoms in total. The lowest BCUT2D eigenvalue weighted by atomic mass is 10.1. The van der Waals surface area contributed by atoms with E-state index >= 15 is 0 Å². The van der Waals surface area contributed by atoms with Crippen molar-refractivity contribution in [1.82, 2.24) is 0 Å². The van der Waals surface area contributed by atoms with Gasteiger partial charge in [0, 0.05) is 39.0 Å². The molecule has 0 unspecified atom stereocenters. The molecule has 0 bridgehead atoms. The molecule has 0 saturated carbocycles. The van der Waals surface area contributed by atoms with Crippen LogP contribution >= 0.6 is 56.7 Å². The summed E-state index contributed by atoms with van der Waals surface area (Å²) in [6.07, 6.45) is 1.81. The molecule has 0 aliphatic carbocycles. The lowest BCUT2D eigenvalue weighted by Crippen LogP contribution is -2.02. The van der Waals surface area contributed by atoms with Crippen LogP contribution in [0.5, 0.6) is 0 Å². The largest absolute Gasteiger partial charge is 0.330 e. The molecule has 4 N–H and O–H groups in total. The summed E-state index contributed by atoms with van der Waals surface area (Å²) in [4.78, 5) is 10.8. The summed E-state index contributed by atoms with van der Waals surface area (Å²) in [5.74, 6) is 0. The first-order chi connectivity index (χ1) is 15.7. The first-order valence-corrected chi connectivity index (χ1v) is 14.7. The van der Waals surface area contributed by atoms with E-state index in [-0.39, 0.29) is 0 Å². The maximum absolute atomic E-state index is 5.97. The number of thiophene rings is 5. The van der Waals surface area contributed by atoms with Gasteiger partial charge in [-0.25, -0.2) is 0 Å². The monoisotopic (exact) mass is 512 g/mol. The summed E-state index contributed by atoms with van der Waals surface area (Å²) in [7, 11) is 0. The van der Waals surface area contributed by atoms with E-state index in [2.05, 4.69) is 60.1 Å². The highest BCUT2D eigenvalue weighted by Gasteiger charge is 2.18. The van der Waals surface area contributed by atoms with Crippen LogP contribution < -0.4 is 11.5 Å². The zero-order valence-electron chi connectivity index (χ0n) is 17.7. The molecule has 0 aliphatic rings. The smallest absolute Gasteiger partial charge is 0.0482 e. The molecule has 0 atom stereocenters. The molecule has 0 amide bonds. The summed E-state index contributed by atoms with van der Waals surface area (Å²) in [5.41, 5.74) is 16.0. The minimum absolute atomic E-state index is 0.667. The third kappa shape index (κ3) is 4.31.